The summed E-state index contributed by atoms with van der Waals surface area (Å²) in [5, 5.41) is 12.2. The fraction of sp³-hybridized carbons (Fsp3) is 0.400. The van der Waals surface area contributed by atoms with E-state index in [2.05, 4.69) is 23.2 Å². The van der Waals surface area contributed by atoms with Crippen molar-refractivity contribution in [2.75, 3.05) is 13.1 Å². The second-order valence-electron chi connectivity index (χ2n) is 6.97. The molecule has 0 spiro atoms. The average Bonchev–Trinajstić information content (AvgIpc) is 3.13. The van der Waals surface area contributed by atoms with Crippen molar-refractivity contribution >= 4 is 29.0 Å². The highest BCUT2D eigenvalue weighted by Crippen LogP contribution is 2.34. The standard InChI is InChI=1S/C20H21N3OS2/c1-13-19(14-8-10-23(13)11-9-14)22-20(24)15-2-4-16(5-3-15)25-18-7-6-17(12-21)26-18/h2-7,13-14,19H,8-11H2,1H3,(H,22,24)/t13-,19+/m1/s1. The van der Waals surface area contributed by atoms with E-state index >= 15 is 0 Å². The lowest BCUT2D eigenvalue weighted by Crippen LogP contribution is -2.62. The molecule has 0 aliphatic carbocycles. The molecule has 3 fully saturated rings. The van der Waals surface area contributed by atoms with Gasteiger partial charge in [-0.05, 0) is 75.2 Å². The Balaban J connectivity index is 1.40. The van der Waals surface area contributed by atoms with Crippen LogP contribution in [0.1, 0.15) is 35.0 Å². The van der Waals surface area contributed by atoms with E-state index in [-0.39, 0.29) is 11.9 Å². The van der Waals surface area contributed by atoms with Gasteiger partial charge in [0.15, 0.2) is 0 Å². The summed E-state index contributed by atoms with van der Waals surface area (Å²) in [5.41, 5.74) is 0.710. The summed E-state index contributed by atoms with van der Waals surface area (Å²) < 4.78 is 1.08. The molecule has 5 rings (SSSR count). The number of carbonyl (C=O) groups is 1. The summed E-state index contributed by atoms with van der Waals surface area (Å²) in [5.74, 6) is 0.636. The largest absolute Gasteiger partial charge is 0.347 e. The number of hydrogen-bond acceptors (Lipinski definition) is 5. The monoisotopic (exact) mass is 383 g/mol. The molecule has 1 amide bonds. The van der Waals surface area contributed by atoms with Gasteiger partial charge in [0.2, 0.25) is 0 Å². The van der Waals surface area contributed by atoms with Gasteiger partial charge in [0, 0.05) is 22.5 Å². The molecular weight excluding hydrogens is 362 g/mol. The van der Waals surface area contributed by atoms with Crippen LogP contribution in [-0.2, 0) is 0 Å². The Morgan fingerprint density at radius 3 is 2.58 bits per heavy atom. The van der Waals surface area contributed by atoms with Crippen LogP contribution in [0, 0.1) is 17.2 Å². The maximum atomic E-state index is 12.7. The highest BCUT2D eigenvalue weighted by Gasteiger charge is 2.40. The van der Waals surface area contributed by atoms with Crippen molar-refractivity contribution in [1.82, 2.24) is 10.2 Å². The van der Waals surface area contributed by atoms with E-state index in [0.717, 1.165) is 14.0 Å². The lowest BCUT2D eigenvalue weighted by molar-refractivity contribution is 0.0217. The molecule has 1 aromatic carbocycles. The highest BCUT2D eigenvalue weighted by atomic mass is 32.2. The second kappa shape index (κ2) is 7.43. The predicted octanol–water partition coefficient (Wildman–Crippen LogP) is 3.98. The predicted molar refractivity (Wildman–Crippen MR) is 105 cm³/mol. The van der Waals surface area contributed by atoms with Crippen LogP contribution in [0.4, 0.5) is 0 Å². The SMILES string of the molecule is C[C@@H]1[C@H](NC(=O)c2ccc(Sc3ccc(C#N)s3)cc2)C2CCN1CC2. The minimum atomic E-state index is 0.0232. The van der Waals surface area contributed by atoms with Crippen molar-refractivity contribution in [3.63, 3.8) is 0 Å². The first-order valence-corrected chi connectivity index (χ1v) is 10.6. The third-order valence-electron chi connectivity index (χ3n) is 5.50. The number of nitrogens with one attached hydrogen (secondary N) is 1. The minimum absolute atomic E-state index is 0.0232. The quantitative estimate of drug-likeness (QED) is 0.867. The van der Waals surface area contributed by atoms with E-state index < -0.39 is 0 Å². The van der Waals surface area contributed by atoms with Crippen LogP contribution in [0.2, 0.25) is 0 Å². The minimum Gasteiger partial charge on any atom is -0.347 e. The van der Waals surface area contributed by atoms with Crippen molar-refractivity contribution in [2.45, 2.75) is 41.0 Å². The molecule has 134 valence electrons. The first-order chi connectivity index (χ1) is 12.6. The number of fused-ring (bicyclic) bond motifs is 3. The van der Waals surface area contributed by atoms with Gasteiger partial charge >= 0.3 is 0 Å². The molecule has 0 radical (unpaired) electrons. The van der Waals surface area contributed by atoms with Crippen LogP contribution >= 0.6 is 23.1 Å². The molecule has 3 aliphatic heterocycles. The summed E-state index contributed by atoms with van der Waals surface area (Å²) in [7, 11) is 0. The van der Waals surface area contributed by atoms with Crippen LogP contribution in [0.25, 0.3) is 0 Å². The van der Waals surface area contributed by atoms with Gasteiger partial charge in [0.05, 0.1) is 4.21 Å². The van der Waals surface area contributed by atoms with Crippen molar-refractivity contribution in [3.05, 3.63) is 46.8 Å². The van der Waals surface area contributed by atoms with Crippen molar-refractivity contribution in [2.24, 2.45) is 5.92 Å². The van der Waals surface area contributed by atoms with Gasteiger partial charge in [-0.15, -0.1) is 11.3 Å². The van der Waals surface area contributed by atoms with Crippen molar-refractivity contribution in [3.8, 4) is 6.07 Å². The van der Waals surface area contributed by atoms with Gasteiger partial charge < -0.3 is 5.32 Å². The molecule has 1 aromatic heterocycles. The molecule has 3 aliphatic rings. The Morgan fingerprint density at radius 2 is 1.96 bits per heavy atom. The summed E-state index contributed by atoms with van der Waals surface area (Å²) in [6.07, 6.45) is 2.38. The lowest BCUT2D eigenvalue weighted by Gasteiger charge is -2.49. The zero-order valence-corrected chi connectivity index (χ0v) is 16.3. The maximum absolute atomic E-state index is 12.7. The topological polar surface area (TPSA) is 56.1 Å². The third-order valence-corrected chi connectivity index (χ3v) is 7.63. The fourth-order valence-corrected chi connectivity index (χ4v) is 5.91. The number of hydrogen-bond donors (Lipinski definition) is 1. The van der Waals surface area contributed by atoms with E-state index in [1.54, 1.807) is 11.8 Å². The number of carbonyl (C=O) groups excluding carboxylic acids is 1. The first kappa shape index (κ1) is 17.6. The molecule has 1 N–H and O–H groups in total. The zero-order chi connectivity index (χ0) is 18.1. The van der Waals surface area contributed by atoms with Gasteiger partial charge in [-0.3, -0.25) is 9.69 Å². The van der Waals surface area contributed by atoms with E-state index in [1.165, 1.54) is 37.3 Å². The van der Waals surface area contributed by atoms with Crippen LogP contribution in [-0.4, -0.2) is 36.0 Å². The molecule has 2 bridgehead atoms. The van der Waals surface area contributed by atoms with Gasteiger partial charge in [-0.2, -0.15) is 5.26 Å². The molecule has 26 heavy (non-hydrogen) atoms. The summed E-state index contributed by atoms with van der Waals surface area (Å²) in [4.78, 5) is 17.0. The fourth-order valence-electron chi connectivity index (χ4n) is 4.01. The lowest BCUT2D eigenvalue weighted by atomic mass is 9.79. The van der Waals surface area contributed by atoms with E-state index in [9.17, 15) is 4.79 Å². The van der Waals surface area contributed by atoms with Gasteiger partial charge in [-0.1, -0.05) is 11.8 Å². The Morgan fingerprint density at radius 1 is 1.23 bits per heavy atom. The highest BCUT2D eigenvalue weighted by molar-refractivity contribution is 8.01. The first-order valence-electron chi connectivity index (χ1n) is 8.97. The number of nitriles is 1. The molecule has 6 heteroatoms. The number of thiophene rings is 1. The van der Waals surface area contributed by atoms with Crippen molar-refractivity contribution in [1.29, 1.82) is 5.26 Å². The molecule has 0 saturated carbocycles. The van der Waals surface area contributed by atoms with Crippen molar-refractivity contribution < 1.29 is 4.79 Å². The van der Waals surface area contributed by atoms with E-state index in [1.807, 2.05) is 36.4 Å². The Hall–Kier alpha value is -1.81. The van der Waals surface area contributed by atoms with E-state index in [0.29, 0.717) is 17.5 Å². The van der Waals surface area contributed by atoms with Crippen LogP contribution < -0.4 is 5.32 Å². The van der Waals surface area contributed by atoms with Gasteiger partial charge in [-0.25, -0.2) is 0 Å². The van der Waals surface area contributed by atoms with Gasteiger partial charge in [0.1, 0.15) is 10.9 Å². The third kappa shape index (κ3) is 3.52. The zero-order valence-electron chi connectivity index (χ0n) is 14.6. The second-order valence-corrected chi connectivity index (χ2v) is 9.43. The van der Waals surface area contributed by atoms with Crippen LogP contribution in [0.3, 0.4) is 0 Å². The number of benzene rings is 1. The molecule has 4 nitrogen and oxygen atoms in total. The molecule has 0 unspecified atom stereocenters. The smallest absolute Gasteiger partial charge is 0.251 e. The Kier molecular flexibility index (Phi) is 5.03. The summed E-state index contributed by atoms with van der Waals surface area (Å²) in [6, 6.07) is 14.4. The number of amides is 1. The maximum Gasteiger partial charge on any atom is 0.251 e. The summed E-state index contributed by atoms with van der Waals surface area (Å²) in [6.45, 7) is 4.56. The molecule has 4 heterocycles. The number of piperidine rings is 3. The average molecular weight is 384 g/mol. The van der Waals surface area contributed by atoms with E-state index in [4.69, 9.17) is 5.26 Å². The molecular formula is C20H21N3OS2. The molecule has 2 aromatic rings. The molecule has 2 atom stereocenters. The number of nitrogens with zero attached hydrogens (tertiary/aromatic N) is 2. The van der Waals surface area contributed by atoms with Gasteiger partial charge in [0.25, 0.3) is 5.91 Å². The summed E-state index contributed by atoms with van der Waals surface area (Å²) >= 11 is 3.11. The van der Waals surface area contributed by atoms with Crippen LogP contribution in [0.15, 0.2) is 45.5 Å². The molecule has 3 saturated heterocycles. The van der Waals surface area contributed by atoms with Crippen LogP contribution in [0.5, 0.6) is 0 Å². The number of rotatable bonds is 4. The Bertz CT molecular complexity index is 829. The Labute approximate surface area is 162 Å². The normalized spacial score (nSPS) is 27.1.